The van der Waals surface area contributed by atoms with E-state index < -0.39 is 12.1 Å². The average Bonchev–Trinajstić information content (AvgIpc) is 2.61. The Morgan fingerprint density at radius 3 is 2.54 bits per heavy atom. The van der Waals surface area contributed by atoms with Crippen molar-refractivity contribution in [3.05, 3.63) is 35.9 Å². The van der Waals surface area contributed by atoms with Crippen LogP contribution in [-0.2, 0) is 19.1 Å². The first-order chi connectivity index (χ1) is 11.6. The summed E-state index contributed by atoms with van der Waals surface area (Å²) in [7, 11) is 1.35. The molecular weight excluding hydrogens is 310 g/mol. The second kappa shape index (κ2) is 8.47. The first kappa shape index (κ1) is 18.0. The molecule has 130 valence electrons. The summed E-state index contributed by atoms with van der Waals surface area (Å²) in [6, 6.07) is 9.32. The molecule has 0 saturated carbocycles. The highest BCUT2D eigenvalue weighted by Crippen LogP contribution is 2.35. The number of hydrogen-bond acceptors (Lipinski definition) is 5. The van der Waals surface area contributed by atoms with Gasteiger partial charge in [0.2, 0.25) is 0 Å². The minimum Gasteiger partial charge on any atom is -0.466 e. The van der Waals surface area contributed by atoms with Gasteiger partial charge < -0.3 is 14.4 Å². The fourth-order valence-corrected chi connectivity index (χ4v) is 3.08. The minimum atomic E-state index is -0.492. The number of benzene rings is 1. The quantitative estimate of drug-likeness (QED) is 0.612. The second-order valence-corrected chi connectivity index (χ2v) is 5.76. The number of ether oxygens (including phenoxy) is 2. The van der Waals surface area contributed by atoms with Crippen molar-refractivity contribution in [2.24, 2.45) is 5.92 Å². The Morgan fingerprint density at radius 1 is 1.21 bits per heavy atom. The third kappa shape index (κ3) is 4.34. The Kier molecular flexibility index (Phi) is 6.35. The lowest BCUT2D eigenvalue weighted by molar-refractivity contribution is -0.146. The van der Waals surface area contributed by atoms with Gasteiger partial charge in [-0.25, -0.2) is 4.79 Å². The molecule has 1 aromatic carbocycles. The van der Waals surface area contributed by atoms with Crippen LogP contribution in [0.1, 0.15) is 37.8 Å². The van der Waals surface area contributed by atoms with Crippen LogP contribution in [0.15, 0.2) is 30.3 Å². The van der Waals surface area contributed by atoms with E-state index >= 15 is 0 Å². The van der Waals surface area contributed by atoms with Crippen molar-refractivity contribution in [3.8, 4) is 0 Å². The van der Waals surface area contributed by atoms with E-state index in [1.165, 1.54) is 7.11 Å². The first-order valence-corrected chi connectivity index (χ1v) is 8.14. The van der Waals surface area contributed by atoms with Crippen molar-refractivity contribution in [2.45, 2.75) is 32.2 Å². The summed E-state index contributed by atoms with van der Waals surface area (Å²) < 4.78 is 9.71. The van der Waals surface area contributed by atoms with Gasteiger partial charge in [-0.3, -0.25) is 9.59 Å². The molecule has 0 radical (unpaired) electrons. The molecule has 1 fully saturated rings. The number of amides is 1. The van der Waals surface area contributed by atoms with Gasteiger partial charge in [0, 0.05) is 12.5 Å². The number of carbonyl (C=O) groups is 3. The summed E-state index contributed by atoms with van der Waals surface area (Å²) in [5.41, 5.74) is 0.955. The van der Waals surface area contributed by atoms with Gasteiger partial charge in [0.25, 0.3) is 0 Å². The van der Waals surface area contributed by atoms with Crippen molar-refractivity contribution in [3.63, 3.8) is 0 Å². The van der Waals surface area contributed by atoms with Crippen LogP contribution in [-0.4, -0.2) is 43.0 Å². The topological polar surface area (TPSA) is 72.9 Å². The Morgan fingerprint density at radius 2 is 1.92 bits per heavy atom. The van der Waals surface area contributed by atoms with E-state index in [1.807, 2.05) is 30.3 Å². The Hall–Kier alpha value is -2.37. The summed E-state index contributed by atoms with van der Waals surface area (Å²) in [6.07, 6.45) is 0.395. The third-order valence-corrected chi connectivity index (χ3v) is 4.28. The van der Waals surface area contributed by atoms with Crippen molar-refractivity contribution < 1.29 is 23.9 Å². The molecule has 1 aromatic rings. The number of methoxy groups -OCH3 is 1. The number of esters is 1. The molecule has 0 spiro atoms. The molecule has 0 aromatic heterocycles. The second-order valence-electron chi connectivity index (χ2n) is 5.76. The maximum Gasteiger partial charge on any atom is 0.409 e. The van der Waals surface area contributed by atoms with Crippen LogP contribution in [0.3, 0.4) is 0 Å². The molecule has 1 aliphatic heterocycles. The van der Waals surface area contributed by atoms with Crippen LogP contribution < -0.4 is 0 Å². The molecule has 1 saturated heterocycles. The van der Waals surface area contributed by atoms with E-state index in [4.69, 9.17) is 9.47 Å². The van der Waals surface area contributed by atoms with Gasteiger partial charge in [-0.15, -0.1) is 0 Å². The number of piperidine rings is 1. The Balaban J connectivity index is 2.12. The summed E-state index contributed by atoms with van der Waals surface area (Å²) in [6.45, 7) is 2.40. The predicted octanol–water partition coefficient (Wildman–Crippen LogP) is 2.73. The zero-order chi connectivity index (χ0) is 17.5. The fraction of sp³-hybridized carbons (Fsp3) is 0.500. The van der Waals surface area contributed by atoms with Gasteiger partial charge in [0.1, 0.15) is 12.2 Å². The number of hydrogen-bond donors (Lipinski definition) is 0. The third-order valence-electron chi connectivity index (χ3n) is 4.28. The average molecular weight is 333 g/mol. The Bertz CT molecular complexity index is 586. The van der Waals surface area contributed by atoms with Gasteiger partial charge in [0.15, 0.2) is 0 Å². The van der Waals surface area contributed by atoms with Gasteiger partial charge in [-0.05, 0) is 25.3 Å². The number of nitrogens with zero attached hydrogens (tertiary/aromatic N) is 1. The lowest BCUT2D eigenvalue weighted by Gasteiger charge is -2.38. The molecule has 0 unspecified atom stereocenters. The molecule has 1 amide bonds. The highest BCUT2D eigenvalue weighted by Gasteiger charge is 2.36. The van der Waals surface area contributed by atoms with Crippen molar-refractivity contribution in [1.82, 2.24) is 4.90 Å². The molecule has 0 aliphatic carbocycles. The van der Waals surface area contributed by atoms with Crippen molar-refractivity contribution in [1.29, 1.82) is 0 Å². The normalized spacial score (nSPS) is 20.3. The van der Waals surface area contributed by atoms with Crippen LogP contribution >= 0.6 is 0 Å². The molecule has 6 heteroatoms. The van der Waals surface area contributed by atoms with Gasteiger partial charge in [-0.1, -0.05) is 30.3 Å². The molecule has 24 heavy (non-hydrogen) atoms. The zero-order valence-corrected chi connectivity index (χ0v) is 14.1. The van der Waals surface area contributed by atoms with Gasteiger partial charge >= 0.3 is 12.1 Å². The summed E-state index contributed by atoms with van der Waals surface area (Å²) in [5.74, 6) is -0.881. The first-order valence-electron chi connectivity index (χ1n) is 8.14. The van der Waals surface area contributed by atoms with E-state index in [-0.39, 0.29) is 30.8 Å². The number of ketones is 1. The van der Waals surface area contributed by atoms with E-state index in [9.17, 15) is 14.4 Å². The molecular formula is C18H23NO5. The van der Waals surface area contributed by atoms with Crippen molar-refractivity contribution >= 4 is 17.8 Å². The highest BCUT2D eigenvalue weighted by molar-refractivity contribution is 5.96. The monoisotopic (exact) mass is 333 g/mol. The summed E-state index contributed by atoms with van der Waals surface area (Å²) in [5, 5.41) is 0. The van der Waals surface area contributed by atoms with E-state index in [0.29, 0.717) is 19.4 Å². The van der Waals surface area contributed by atoms with Crippen molar-refractivity contribution in [2.75, 3.05) is 20.3 Å². The molecule has 2 atom stereocenters. The zero-order valence-electron chi connectivity index (χ0n) is 14.1. The lowest BCUT2D eigenvalue weighted by Crippen LogP contribution is -2.42. The number of rotatable bonds is 5. The number of likely N-dealkylation sites (tertiary alicyclic amines) is 1. The molecule has 0 N–H and O–H groups in total. The summed E-state index contributed by atoms with van der Waals surface area (Å²) >= 11 is 0. The van der Waals surface area contributed by atoms with Crippen LogP contribution in [0.2, 0.25) is 0 Å². The minimum absolute atomic E-state index is 0.126. The lowest BCUT2D eigenvalue weighted by atomic mass is 9.84. The van der Waals surface area contributed by atoms with Crippen LogP contribution in [0, 0.1) is 5.92 Å². The predicted molar refractivity (Wildman–Crippen MR) is 87.3 cm³/mol. The fourth-order valence-electron chi connectivity index (χ4n) is 3.08. The number of Topliss-reactive ketones (excluding diaryl/α,β-unsaturated/α-hetero) is 1. The van der Waals surface area contributed by atoms with E-state index in [0.717, 1.165) is 5.56 Å². The molecule has 6 nitrogen and oxygen atoms in total. The van der Waals surface area contributed by atoms with Crippen LogP contribution in [0.25, 0.3) is 0 Å². The molecule has 2 rings (SSSR count). The van der Waals surface area contributed by atoms with Gasteiger partial charge in [0.05, 0.1) is 19.8 Å². The van der Waals surface area contributed by atoms with Crippen LogP contribution in [0.5, 0.6) is 0 Å². The Labute approximate surface area is 141 Å². The molecule has 0 bridgehead atoms. The van der Waals surface area contributed by atoms with E-state index in [2.05, 4.69) is 0 Å². The maximum atomic E-state index is 12.4. The maximum absolute atomic E-state index is 12.4. The SMILES string of the molecule is CCOC(=O)CC(=O)[C@@H]1CCN(C(=O)OC)[C@H](c2ccccc2)C1. The van der Waals surface area contributed by atoms with Gasteiger partial charge in [-0.2, -0.15) is 0 Å². The highest BCUT2D eigenvalue weighted by atomic mass is 16.5. The molecule has 1 aliphatic rings. The largest absolute Gasteiger partial charge is 0.466 e. The smallest absolute Gasteiger partial charge is 0.409 e. The summed E-state index contributed by atoms with van der Waals surface area (Å²) in [4.78, 5) is 37.6. The molecule has 1 heterocycles. The van der Waals surface area contributed by atoms with E-state index in [1.54, 1.807) is 11.8 Å². The number of carbonyl (C=O) groups excluding carboxylic acids is 3. The van der Waals surface area contributed by atoms with Crippen LogP contribution in [0.4, 0.5) is 4.79 Å². The standard InChI is InChI=1S/C18H23NO5/c1-3-24-17(21)12-16(20)14-9-10-19(18(22)23-2)15(11-14)13-7-5-4-6-8-13/h4-8,14-15H,3,9-12H2,1-2H3/t14-,15+/m1/s1.